The first-order valence-corrected chi connectivity index (χ1v) is 11.6. The molecule has 3 atom stereocenters. The van der Waals surface area contributed by atoms with Gasteiger partial charge in [-0.2, -0.15) is 0 Å². The monoisotopic (exact) mass is 405 g/mol. The lowest BCUT2D eigenvalue weighted by atomic mass is 9.79. The average molecular weight is 406 g/mol. The molecule has 1 saturated heterocycles. The van der Waals surface area contributed by atoms with Crippen molar-refractivity contribution in [1.82, 2.24) is 19.9 Å². The maximum Gasteiger partial charge on any atom is 0.137 e. The van der Waals surface area contributed by atoms with Crippen LogP contribution in [0.4, 0.5) is 0 Å². The predicted octanol–water partition coefficient (Wildman–Crippen LogP) is 5.09. The highest BCUT2D eigenvalue weighted by molar-refractivity contribution is 6.05. The quantitative estimate of drug-likeness (QED) is 0.642. The van der Waals surface area contributed by atoms with E-state index in [1.165, 1.54) is 48.6 Å². The summed E-state index contributed by atoms with van der Waals surface area (Å²) in [5.41, 5.74) is 3.39. The molecule has 1 aliphatic heterocycles. The van der Waals surface area contributed by atoms with Crippen LogP contribution in [0.5, 0.6) is 0 Å². The Morgan fingerprint density at radius 3 is 2.97 bits per heavy atom. The molecule has 5 rings (SSSR count). The van der Waals surface area contributed by atoms with Crippen LogP contribution in [-0.4, -0.2) is 51.7 Å². The molecule has 1 N–H and O–H groups in total. The molecule has 5 heteroatoms. The number of nitrogens with one attached hydrogen (secondary N) is 1. The van der Waals surface area contributed by atoms with E-state index in [-0.39, 0.29) is 0 Å². The first-order chi connectivity index (χ1) is 14.7. The van der Waals surface area contributed by atoms with E-state index in [0.717, 1.165) is 30.7 Å². The highest BCUT2D eigenvalue weighted by Crippen LogP contribution is 2.39. The molecule has 3 aromatic rings. The summed E-state index contributed by atoms with van der Waals surface area (Å²) in [6.07, 6.45) is 14.9. The van der Waals surface area contributed by atoms with Gasteiger partial charge in [-0.3, -0.25) is 9.88 Å². The van der Waals surface area contributed by atoms with Gasteiger partial charge < -0.3 is 9.72 Å². The molecule has 0 aromatic carbocycles. The molecular weight excluding hydrogens is 372 g/mol. The number of aromatic amines is 1. The van der Waals surface area contributed by atoms with Crippen LogP contribution in [0.15, 0.2) is 30.7 Å². The fourth-order valence-corrected chi connectivity index (χ4v) is 5.30. The van der Waals surface area contributed by atoms with Gasteiger partial charge in [0.25, 0.3) is 0 Å². The summed E-state index contributed by atoms with van der Waals surface area (Å²) < 4.78 is 6.17. The summed E-state index contributed by atoms with van der Waals surface area (Å²) in [7, 11) is 0. The van der Waals surface area contributed by atoms with Gasteiger partial charge >= 0.3 is 0 Å². The Kier molecular flexibility index (Phi) is 5.74. The number of nitrogens with zero attached hydrogens (tertiary/aromatic N) is 3. The fraction of sp³-hybridized carbons (Fsp3) is 0.560. The second-order valence-electron chi connectivity index (χ2n) is 9.46. The van der Waals surface area contributed by atoms with E-state index in [2.05, 4.69) is 52.3 Å². The summed E-state index contributed by atoms with van der Waals surface area (Å²) >= 11 is 0. The lowest BCUT2D eigenvalue weighted by Gasteiger charge is -2.41. The third-order valence-electron chi connectivity index (χ3n) is 6.81. The number of hydrogen-bond acceptors (Lipinski definition) is 4. The number of ether oxygens (including phenoxy) is 1. The zero-order valence-corrected chi connectivity index (χ0v) is 18.2. The SMILES string of the molecule is CC(C)COC1CCCN(C2[CH]CC(c3ccnc4cnc5[nH]ccc5c34)CC2)C1. The summed E-state index contributed by atoms with van der Waals surface area (Å²) in [6, 6.07) is 4.95. The van der Waals surface area contributed by atoms with E-state index in [1.807, 2.05) is 18.6 Å². The van der Waals surface area contributed by atoms with Gasteiger partial charge in [-0.15, -0.1) is 0 Å². The van der Waals surface area contributed by atoms with Crippen LogP contribution in [0.1, 0.15) is 57.4 Å². The molecule has 1 aliphatic carbocycles. The van der Waals surface area contributed by atoms with Gasteiger partial charge in [0.1, 0.15) is 5.65 Å². The molecule has 3 unspecified atom stereocenters. The number of piperidine rings is 1. The Balaban J connectivity index is 1.28. The van der Waals surface area contributed by atoms with E-state index >= 15 is 0 Å². The van der Waals surface area contributed by atoms with Gasteiger partial charge in [-0.05, 0) is 74.6 Å². The van der Waals surface area contributed by atoms with Crippen molar-refractivity contribution in [3.05, 3.63) is 42.7 Å². The number of aromatic nitrogens is 3. The summed E-state index contributed by atoms with van der Waals surface area (Å²) in [5, 5.41) is 2.47. The topological polar surface area (TPSA) is 54.0 Å². The summed E-state index contributed by atoms with van der Waals surface area (Å²) in [5.74, 6) is 1.17. The normalized spacial score (nSPS) is 26.0. The number of pyridine rings is 2. The summed E-state index contributed by atoms with van der Waals surface area (Å²) in [4.78, 5) is 15.0. The molecule has 0 spiro atoms. The Labute approximate surface area is 179 Å². The van der Waals surface area contributed by atoms with Crippen LogP contribution in [0.25, 0.3) is 21.9 Å². The molecule has 3 aromatic heterocycles. The van der Waals surface area contributed by atoms with Gasteiger partial charge in [-0.1, -0.05) is 13.8 Å². The second-order valence-corrected chi connectivity index (χ2v) is 9.46. The molecule has 2 fully saturated rings. The molecular formula is C25H33N4O. The van der Waals surface area contributed by atoms with E-state index in [1.54, 1.807) is 0 Å². The molecule has 4 heterocycles. The minimum Gasteiger partial charge on any atom is -0.377 e. The molecule has 1 radical (unpaired) electrons. The average Bonchev–Trinajstić information content (AvgIpc) is 3.27. The third-order valence-corrected chi connectivity index (χ3v) is 6.81. The minimum absolute atomic E-state index is 0.408. The van der Waals surface area contributed by atoms with Crippen LogP contribution in [-0.2, 0) is 4.74 Å². The van der Waals surface area contributed by atoms with Crippen molar-refractivity contribution < 1.29 is 4.74 Å². The van der Waals surface area contributed by atoms with Crippen molar-refractivity contribution in [1.29, 1.82) is 0 Å². The Morgan fingerprint density at radius 2 is 2.13 bits per heavy atom. The molecule has 1 saturated carbocycles. The van der Waals surface area contributed by atoms with Crippen molar-refractivity contribution >= 4 is 21.9 Å². The number of hydrogen-bond donors (Lipinski definition) is 1. The lowest BCUT2D eigenvalue weighted by Crippen LogP contribution is -2.47. The standard InChI is InChI=1S/C25H33N4O/c1-17(2)16-30-20-4-3-13-29(15-20)19-7-5-18(6-8-19)21-9-11-26-23-14-28-25-22(24(21)23)10-12-27-25/h7,9-12,14,17-20H,3-6,8,13,15-16H2,1-2H3,(H,27,28). The van der Waals surface area contributed by atoms with Crippen molar-refractivity contribution in [2.75, 3.05) is 19.7 Å². The van der Waals surface area contributed by atoms with E-state index in [9.17, 15) is 0 Å². The van der Waals surface area contributed by atoms with E-state index < -0.39 is 0 Å². The first kappa shape index (κ1) is 20.0. The lowest BCUT2D eigenvalue weighted by molar-refractivity contribution is -0.0219. The van der Waals surface area contributed by atoms with Crippen LogP contribution >= 0.6 is 0 Å². The number of likely N-dealkylation sites (tertiary alicyclic amines) is 1. The van der Waals surface area contributed by atoms with Gasteiger partial charge in [0.05, 0.1) is 17.8 Å². The smallest absolute Gasteiger partial charge is 0.137 e. The van der Waals surface area contributed by atoms with Gasteiger partial charge in [-0.25, -0.2) is 4.98 Å². The van der Waals surface area contributed by atoms with E-state index in [0.29, 0.717) is 24.0 Å². The van der Waals surface area contributed by atoms with Crippen molar-refractivity contribution in [2.45, 2.75) is 64.0 Å². The van der Waals surface area contributed by atoms with Crippen LogP contribution in [0.3, 0.4) is 0 Å². The first-order valence-electron chi connectivity index (χ1n) is 11.6. The number of rotatable bonds is 5. The largest absolute Gasteiger partial charge is 0.377 e. The highest BCUT2D eigenvalue weighted by atomic mass is 16.5. The maximum absolute atomic E-state index is 6.17. The van der Waals surface area contributed by atoms with Crippen molar-refractivity contribution in [3.8, 4) is 0 Å². The Hall–Kier alpha value is -1.98. The van der Waals surface area contributed by atoms with Crippen LogP contribution < -0.4 is 0 Å². The van der Waals surface area contributed by atoms with Crippen molar-refractivity contribution in [2.24, 2.45) is 5.92 Å². The van der Waals surface area contributed by atoms with Gasteiger partial charge in [0, 0.05) is 42.4 Å². The Bertz CT molecular complexity index is 989. The highest BCUT2D eigenvalue weighted by Gasteiger charge is 2.31. The van der Waals surface area contributed by atoms with Crippen LogP contribution in [0, 0.1) is 12.3 Å². The van der Waals surface area contributed by atoms with Crippen LogP contribution in [0.2, 0.25) is 0 Å². The predicted molar refractivity (Wildman–Crippen MR) is 121 cm³/mol. The molecule has 30 heavy (non-hydrogen) atoms. The Morgan fingerprint density at radius 1 is 1.20 bits per heavy atom. The van der Waals surface area contributed by atoms with Gasteiger partial charge in [0.15, 0.2) is 0 Å². The number of fused-ring (bicyclic) bond motifs is 3. The molecule has 0 bridgehead atoms. The molecule has 2 aliphatic rings. The van der Waals surface area contributed by atoms with Gasteiger partial charge in [0.2, 0.25) is 0 Å². The second kappa shape index (κ2) is 8.64. The van der Waals surface area contributed by atoms with E-state index in [4.69, 9.17) is 4.74 Å². The fourth-order valence-electron chi connectivity index (χ4n) is 5.30. The zero-order chi connectivity index (χ0) is 20.5. The van der Waals surface area contributed by atoms with Crippen molar-refractivity contribution in [3.63, 3.8) is 0 Å². The molecule has 159 valence electrons. The third kappa shape index (κ3) is 3.97. The maximum atomic E-state index is 6.17. The molecule has 0 amide bonds. The summed E-state index contributed by atoms with van der Waals surface area (Å²) in [6.45, 7) is 7.64. The number of H-pyrrole nitrogens is 1. The molecule has 5 nitrogen and oxygen atoms in total. The minimum atomic E-state index is 0.408. The zero-order valence-electron chi connectivity index (χ0n) is 18.2.